The lowest BCUT2D eigenvalue weighted by Gasteiger charge is -2.22. The van der Waals surface area contributed by atoms with Gasteiger partial charge in [-0.3, -0.25) is 14.5 Å². The van der Waals surface area contributed by atoms with Gasteiger partial charge in [-0.15, -0.1) is 0 Å². The number of hydrogen-bond donors (Lipinski definition) is 5. The van der Waals surface area contributed by atoms with E-state index in [0.717, 1.165) is 5.56 Å². The van der Waals surface area contributed by atoms with Gasteiger partial charge in [-0.25, -0.2) is 14.4 Å². The average Bonchev–Trinajstić information content (AvgIpc) is 2.89. The van der Waals surface area contributed by atoms with Crippen molar-refractivity contribution in [3.63, 3.8) is 0 Å². The molecule has 5 N–H and O–H groups in total. The number of amides is 5. The van der Waals surface area contributed by atoms with Crippen LogP contribution in [0.25, 0.3) is 0 Å². The monoisotopic (exact) mass is 608 g/mol. The Bertz CT molecular complexity index is 974. The molecule has 0 aliphatic carbocycles. The molecule has 14 nitrogen and oxygen atoms in total. The van der Waals surface area contributed by atoms with Gasteiger partial charge in [-0.1, -0.05) is 30.3 Å². The van der Waals surface area contributed by atoms with Gasteiger partial charge in [0.1, 0.15) is 17.8 Å². The summed E-state index contributed by atoms with van der Waals surface area (Å²) in [6.07, 6.45) is -1.30. The zero-order valence-electron chi connectivity index (χ0n) is 26.2. The Kier molecular flexibility index (Phi) is 16.5. The number of ether oxygens (including phenoxy) is 3. The molecule has 0 radical (unpaired) electrons. The van der Waals surface area contributed by atoms with Crippen LogP contribution in [0.3, 0.4) is 0 Å². The number of rotatable bonds is 16. The molecule has 0 saturated heterocycles. The van der Waals surface area contributed by atoms with Crippen LogP contribution in [0, 0.1) is 0 Å². The minimum atomic E-state index is -0.631. The van der Waals surface area contributed by atoms with E-state index in [0.29, 0.717) is 13.0 Å². The predicted octanol–water partition coefficient (Wildman–Crippen LogP) is 1.89. The second kappa shape index (κ2) is 19.2. The summed E-state index contributed by atoms with van der Waals surface area (Å²) in [6, 6.07) is 9.28. The number of carbonyl (C=O) groups excluding carboxylic acids is 5. The fourth-order valence-corrected chi connectivity index (χ4v) is 3.36. The highest BCUT2D eigenvalue weighted by atomic mass is 16.6. The topological polar surface area (TPSA) is 176 Å². The first-order valence-electron chi connectivity index (χ1n) is 14.3. The maximum atomic E-state index is 12.5. The van der Waals surface area contributed by atoms with Gasteiger partial charge in [0.15, 0.2) is 0 Å². The Balaban J connectivity index is 2.49. The van der Waals surface area contributed by atoms with E-state index in [4.69, 9.17) is 14.2 Å². The fourth-order valence-electron chi connectivity index (χ4n) is 3.36. The first-order chi connectivity index (χ1) is 20.1. The van der Waals surface area contributed by atoms with Crippen LogP contribution < -0.4 is 26.6 Å². The van der Waals surface area contributed by atoms with Crippen LogP contribution >= 0.6 is 0 Å². The van der Waals surface area contributed by atoms with E-state index >= 15 is 0 Å². The normalized spacial score (nSPS) is 11.2. The van der Waals surface area contributed by atoms with Crippen LogP contribution in [0.2, 0.25) is 0 Å². The van der Waals surface area contributed by atoms with E-state index in [-0.39, 0.29) is 64.2 Å². The van der Waals surface area contributed by atoms with Crippen molar-refractivity contribution in [3.05, 3.63) is 35.9 Å². The summed E-state index contributed by atoms with van der Waals surface area (Å²) < 4.78 is 15.5. The van der Waals surface area contributed by atoms with Gasteiger partial charge in [0, 0.05) is 39.3 Å². The molecule has 0 bridgehead atoms. The summed E-state index contributed by atoms with van der Waals surface area (Å²) in [5, 5.41) is 13.2. The summed E-state index contributed by atoms with van der Waals surface area (Å²) in [6.45, 7) is 11.7. The van der Waals surface area contributed by atoms with Crippen LogP contribution in [-0.4, -0.2) is 98.6 Å². The Hall–Kier alpha value is -4.07. The highest BCUT2D eigenvalue weighted by Crippen LogP contribution is 2.07. The molecule has 1 rings (SSSR count). The number of alkyl carbamates (subject to hydrolysis) is 3. The highest BCUT2D eigenvalue weighted by molar-refractivity contribution is 5.81. The van der Waals surface area contributed by atoms with Gasteiger partial charge in [-0.05, 0) is 53.5 Å². The van der Waals surface area contributed by atoms with Crippen LogP contribution in [0.4, 0.5) is 14.4 Å². The second-order valence-electron chi connectivity index (χ2n) is 11.6. The van der Waals surface area contributed by atoms with Crippen molar-refractivity contribution in [2.75, 3.05) is 52.4 Å². The predicted molar refractivity (Wildman–Crippen MR) is 160 cm³/mol. The van der Waals surface area contributed by atoms with Gasteiger partial charge in [0.2, 0.25) is 11.8 Å². The van der Waals surface area contributed by atoms with Crippen molar-refractivity contribution in [1.29, 1.82) is 0 Å². The molecule has 1 aromatic carbocycles. The molecule has 1 aromatic rings. The lowest BCUT2D eigenvalue weighted by Crippen LogP contribution is -2.46. The molecular weight excluding hydrogens is 560 g/mol. The van der Waals surface area contributed by atoms with E-state index in [1.165, 1.54) is 0 Å². The van der Waals surface area contributed by atoms with Crippen molar-refractivity contribution in [2.45, 2.75) is 65.8 Å². The summed E-state index contributed by atoms with van der Waals surface area (Å²) in [5.41, 5.74) is -0.398. The molecule has 0 atom stereocenters. The lowest BCUT2D eigenvalue weighted by molar-refractivity contribution is -0.125. The maximum absolute atomic E-state index is 12.5. The van der Waals surface area contributed by atoms with E-state index in [1.807, 2.05) is 30.3 Å². The van der Waals surface area contributed by atoms with Gasteiger partial charge in [0.05, 0.1) is 13.1 Å². The molecule has 0 spiro atoms. The van der Waals surface area contributed by atoms with Gasteiger partial charge in [0.25, 0.3) is 0 Å². The van der Waals surface area contributed by atoms with Crippen molar-refractivity contribution < 1.29 is 38.2 Å². The fraction of sp³-hybridized carbons (Fsp3) is 0.621. The summed E-state index contributed by atoms with van der Waals surface area (Å²) in [7, 11) is 0. The van der Waals surface area contributed by atoms with Gasteiger partial charge >= 0.3 is 18.3 Å². The number of hydrogen-bond acceptors (Lipinski definition) is 9. The SMILES string of the molecule is CC(C)(C)OC(=O)NCCNC(=O)CN(CCCNC(=O)OCc1ccccc1)CC(=O)NCCNC(=O)OC(C)(C)C. The number of benzene rings is 1. The van der Waals surface area contributed by atoms with Crippen LogP contribution in [0.5, 0.6) is 0 Å². The molecule has 0 aliphatic rings. The molecule has 242 valence electrons. The number of carbonyl (C=O) groups is 5. The molecule has 0 unspecified atom stereocenters. The van der Waals surface area contributed by atoms with Crippen LogP contribution in [0.15, 0.2) is 30.3 Å². The van der Waals surface area contributed by atoms with E-state index < -0.39 is 29.5 Å². The molecule has 0 saturated carbocycles. The molecule has 43 heavy (non-hydrogen) atoms. The molecule has 14 heteroatoms. The second-order valence-corrected chi connectivity index (χ2v) is 11.6. The quantitative estimate of drug-likeness (QED) is 0.139. The van der Waals surface area contributed by atoms with E-state index in [1.54, 1.807) is 46.4 Å². The standard InChI is InChI=1S/C29H48N6O8/c1-28(2,3)42-26(39)33-16-14-30-23(36)19-35(20-24(37)31-15-17-34-27(40)43-29(4,5)6)18-10-13-32-25(38)41-21-22-11-8-7-9-12-22/h7-9,11-12H,10,13-21H2,1-6H3,(H,30,36)(H,31,37)(H,32,38)(H,33,39)(H,34,40). The van der Waals surface area contributed by atoms with Crippen molar-refractivity contribution in [3.8, 4) is 0 Å². The smallest absolute Gasteiger partial charge is 0.407 e. The summed E-state index contributed by atoms with van der Waals surface area (Å²) in [4.78, 5) is 62.2. The third kappa shape index (κ3) is 21.3. The Morgan fingerprint density at radius 2 is 1.07 bits per heavy atom. The Labute approximate surface area is 253 Å². The summed E-state index contributed by atoms with van der Waals surface area (Å²) in [5.74, 6) is -0.693. The average molecular weight is 609 g/mol. The first kappa shape index (κ1) is 37.0. The zero-order chi connectivity index (χ0) is 32.3. The van der Waals surface area contributed by atoms with Gasteiger partial charge in [-0.2, -0.15) is 0 Å². The third-order valence-corrected chi connectivity index (χ3v) is 5.10. The zero-order valence-corrected chi connectivity index (χ0v) is 26.2. The maximum Gasteiger partial charge on any atom is 0.407 e. The molecule has 0 heterocycles. The van der Waals surface area contributed by atoms with Crippen molar-refractivity contribution in [2.24, 2.45) is 0 Å². The van der Waals surface area contributed by atoms with E-state index in [9.17, 15) is 24.0 Å². The number of nitrogens with one attached hydrogen (secondary N) is 5. The Morgan fingerprint density at radius 1 is 0.628 bits per heavy atom. The lowest BCUT2D eigenvalue weighted by atomic mass is 10.2. The molecule has 0 fully saturated rings. The molecule has 0 aromatic heterocycles. The molecule has 5 amide bonds. The first-order valence-corrected chi connectivity index (χ1v) is 14.3. The van der Waals surface area contributed by atoms with Crippen molar-refractivity contribution in [1.82, 2.24) is 31.5 Å². The summed E-state index contributed by atoms with van der Waals surface area (Å²) >= 11 is 0. The van der Waals surface area contributed by atoms with Crippen LogP contribution in [-0.2, 0) is 30.4 Å². The largest absolute Gasteiger partial charge is 0.445 e. The minimum absolute atomic E-state index is 0.0888. The van der Waals surface area contributed by atoms with Crippen molar-refractivity contribution >= 4 is 30.1 Å². The van der Waals surface area contributed by atoms with Crippen LogP contribution in [0.1, 0.15) is 53.5 Å². The Morgan fingerprint density at radius 3 is 1.53 bits per heavy atom. The van der Waals surface area contributed by atoms with Gasteiger partial charge < -0.3 is 40.8 Å². The minimum Gasteiger partial charge on any atom is -0.445 e. The molecule has 0 aliphatic heterocycles. The number of nitrogens with zero attached hydrogens (tertiary/aromatic N) is 1. The molecular formula is C29H48N6O8. The highest BCUT2D eigenvalue weighted by Gasteiger charge is 2.18. The third-order valence-electron chi connectivity index (χ3n) is 5.10. The van der Waals surface area contributed by atoms with E-state index in [2.05, 4.69) is 26.6 Å².